The van der Waals surface area contributed by atoms with Gasteiger partial charge in [0.15, 0.2) is 0 Å². The summed E-state index contributed by atoms with van der Waals surface area (Å²) in [6.07, 6.45) is 2.56. The first-order valence-corrected chi connectivity index (χ1v) is 5.31. The van der Waals surface area contributed by atoms with E-state index in [1.54, 1.807) is 0 Å². The van der Waals surface area contributed by atoms with Gasteiger partial charge in [-0.1, -0.05) is 6.07 Å². The van der Waals surface area contributed by atoms with Gasteiger partial charge in [0.25, 0.3) is 0 Å². The predicted molar refractivity (Wildman–Crippen MR) is 61.6 cm³/mol. The second-order valence-corrected chi connectivity index (χ2v) is 4.48. The van der Waals surface area contributed by atoms with Crippen molar-refractivity contribution in [2.45, 2.75) is 39.3 Å². The van der Waals surface area contributed by atoms with E-state index in [2.05, 4.69) is 37.1 Å². The fraction of sp³-hybridized carbons (Fsp3) is 0.583. The number of hydrogen-bond acceptors (Lipinski definition) is 3. The van der Waals surface area contributed by atoms with Crippen LogP contribution in [-0.2, 0) is 6.54 Å². The molecule has 1 aromatic rings. The van der Waals surface area contributed by atoms with E-state index < -0.39 is 0 Å². The maximum atomic E-state index is 8.90. The highest BCUT2D eigenvalue weighted by Gasteiger charge is 2.16. The van der Waals surface area contributed by atoms with E-state index in [0.717, 1.165) is 18.7 Å². The molecular weight excluding hydrogens is 188 g/mol. The van der Waals surface area contributed by atoms with E-state index in [0.29, 0.717) is 0 Å². The fourth-order valence-corrected chi connectivity index (χ4v) is 1.39. The van der Waals surface area contributed by atoms with Crippen LogP contribution in [0.1, 0.15) is 31.5 Å². The first-order valence-electron chi connectivity index (χ1n) is 5.31. The van der Waals surface area contributed by atoms with Gasteiger partial charge in [0.05, 0.1) is 5.69 Å². The van der Waals surface area contributed by atoms with Gasteiger partial charge in [-0.2, -0.15) is 0 Å². The molecule has 0 radical (unpaired) electrons. The smallest absolute Gasteiger partial charge is 0.0570 e. The zero-order valence-electron chi connectivity index (χ0n) is 9.75. The molecule has 0 aliphatic carbocycles. The summed E-state index contributed by atoms with van der Waals surface area (Å²) in [5, 5.41) is 12.3. The van der Waals surface area contributed by atoms with Gasteiger partial charge >= 0.3 is 0 Å². The summed E-state index contributed by atoms with van der Waals surface area (Å²) in [5.74, 6) is 0. The fourth-order valence-electron chi connectivity index (χ4n) is 1.39. The van der Waals surface area contributed by atoms with Crippen molar-refractivity contribution in [1.82, 2.24) is 10.3 Å². The van der Waals surface area contributed by atoms with Gasteiger partial charge in [0.2, 0.25) is 0 Å². The van der Waals surface area contributed by atoms with E-state index in [1.807, 2.05) is 12.3 Å². The standard InChI is InChI=1S/C12H20N2O/c1-10-5-4-7-13-11(10)9-14-12(2,3)6-8-15/h4-5,7,14-15H,6,8-9H2,1-3H3. The molecule has 1 aromatic heterocycles. The summed E-state index contributed by atoms with van der Waals surface area (Å²) >= 11 is 0. The quantitative estimate of drug-likeness (QED) is 0.773. The van der Waals surface area contributed by atoms with Gasteiger partial charge < -0.3 is 10.4 Å². The minimum Gasteiger partial charge on any atom is -0.396 e. The second kappa shape index (κ2) is 5.24. The molecule has 3 nitrogen and oxygen atoms in total. The third kappa shape index (κ3) is 3.98. The Morgan fingerprint density at radius 2 is 2.20 bits per heavy atom. The first-order chi connectivity index (χ1) is 7.05. The van der Waals surface area contributed by atoms with E-state index in [9.17, 15) is 0 Å². The molecule has 1 heterocycles. The van der Waals surface area contributed by atoms with Crippen LogP contribution in [0.4, 0.5) is 0 Å². The Morgan fingerprint density at radius 1 is 1.47 bits per heavy atom. The monoisotopic (exact) mass is 208 g/mol. The Hall–Kier alpha value is -0.930. The Labute approximate surface area is 91.5 Å². The zero-order chi connectivity index (χ0) is 11.3. The van der Waals surface area contributed by atoms with Gasteiger partial charge in [-0.05, 0) is 38.8 Å². The maximum absolute atomic E-state index is 8.90. The summed E-state index contributed by atoms with van der Waals surface area (Å²) in [6, 6.07) is 4.00. The average molecular weight is 208 g/mol. The van der Waals surface area contributed by atoms with Crippen LogP contribution in [-0.4, -0.2) is 22.2 Å². The molecule has 0 aromatic carbocycles. The highest BCUT2D eigenvalue weighted by Crippen LogP contribution is 2.10. The van der Waals surface area contributed by atoms with Crippen molar-refractivity contribution in [3.8, 4) is 0 Å². The Bertz CT molecular complexity index is 310. The van der Waals surface area contributed by atoms with Gasteiger partial charge in [-0.15, -0.1) is 0 Å². The number of aliphatic hydroxyl groups excluding tert-OH is 1. The molecule has 0 atom stereocenters. The number of aryl methyl sites for hydroxylation is 1. The van der Waals surface area contributed by atoms with E-state index in [-0.39, 0.29) is 12.1 Å². The lowest BCUT2D eigenvalue weighted by Crippen LogP contribution is -2.39. The van der Waals surface area contributed by atoms with Crippen LogP contribution in [0, 0.1) is 6.92 Å². The van der Waals surface area contributed by atoms with Gasteiger partial charge in [-0.25, -0.2) is 0 Å². The normalized spacial score (nSPS) is 11.7. The topological polar surface area (TPSA) is 45.2 Å². The molecule has 1 rings (SSSR count). The molecule has 0 fully saturated rings. The van der Waals surface area contributed by atoms with Crippen LogP contribution in [0.25, 0.3) is 0 Å². The van der Waals surface area contributed by atoms with Crippen LogP contribution in [0.15, 0.2) is 18.3 Å². The molecule has 0 unspecified atom stereocenters. The lowest BCUT2D eigenvalue weighted by Gasteiger charge is -2.25. The average Bonchev–Trinajstić information content (AvgIpc) is 2.16. The van der Waals surface area contributed by atoms with Crippen molar-refractivity contribution in [2.24, 2.45) is 0 Å². The molecule has 0 aliphatic rings. The van der Waals surface area contributed by atoms with Crippen LogP contribution in [0.3, 0.4) is 0 Å². The molecule has 15 heavy (non-hydrogen) atoms. The number of hydrogen-bond donors (Lipinski definition) is 2. The van der Waals surface area contributed by atoms with E-state index in [1.165, 1.54) is 5.56 Å². The zero-order valence-corrected chi connectivity index (χ0v) is 9.75. The lowest BCUT2D eigenvalue weighted by molar-refractivity contribution is 0.229. The number of pyridine rings is 1. The number of nitrogens with one attached hydrogen (secondary N) is 1. The SMILES string of the molecule is Cc1cccnc1CNC(C)(C)CCO. The largest absolute Gasteiger partial charge is 0.396 e. The minimum atomic E-state index is -0.0429. The van der Waals surface area contributed by atoms with Gasteiger partial charge in [-0.3, -0.25) is 4.98 Å². The summed E-state index contributed by atoms with van der Waals surface area (Å²) in [7, 11) is 0. The maximum Gasteiger partial charge on any atom is 0.0570 e. The van der Waals surface area contributed by atoms with Crippen LogP contribution < -0.4 is 5.32 Å². The molecule has 84 valence electrons. The number of aliphatic hydroxyl groups is 1. The summed E-state index contributed by atoms with van der Waals surface area (Å²) < 4.78 is 0. The summed E-state index contributed by atoms with van der Waals surface area (Å²) in [4.78, 5) is 4.32. The van der Waals surface area contributed by atoms with Crippen molar-refractivity contribution < 1.29 is 5.11 Å². The Balaban J connectivity index is 2.53. The molecule has 3 heteroatoms. The number of aromatic nitrogens is 1. The van der Waals surface area contributed by atoms with Crippen molar-refractivity contribution >= 4 is 0 Å². The Kier molecular flexibility index (Phi) is 4.24. The van der Waals surface area contributed by atoms with Crippen molar-refractivity contribution in [2.75, 3.05) is 6.61 Å². The molecule has 0 bridgehead atoms. The molecule has 2 N–H and O–H groups in total. The van der Waals surface area contributed by atoms with Crippen molar-refractivity contribution in [3.05, 3.63) is 29.6 Å². The van der Waals surface area contributed by atoms with Crippen LogP contribution in [0.5, 0.6) is 0 Å². The van der Waals surface area contributed by atoms with Crippen molar-refractivity contribution in [3.63, 3.8) is 0 Å². The summed E-state index contributed by atoms with van der Waals surface area (Å²) in [6.45, 7) is 7.19. The Morgan fingerprint density at radius 3 is 2.80 bits per heavy atom. The number of nitrogens with zero attached hydrogens (tertiary/aromatic N) is 1. The molecule has 0 amide bonds. The van der Waals surface area contributed by atoms with Gasteiger partial charge in [0.1, 0.15) is 0 Å². The molecular formula is C12H20N2O. The molecule has 0 saturated heterocycles. The molecule has 0 aliphatic heterocycles. The summed E-state index contributed by atoms with van der Waals surface area (Å²) in [5.41, 5.74) is 2.23. The minimum absolute atomic E-state index is 0.0429. The van der Waals surface area contributed by atoms with Gasteiger partial charge in [0, 0.05) is 24.9 Å². The van der Waals surface area contributed by atoms with Crippen molar-refractivity contribution in [1.29, 1.82) is 0 Å². The van der Waals surface area contributed by atoms with Crippen LogP contribution in [0.2, 0.25) is 0 Å². The van der Waals surface area contributed by atoms with E-state index >= 15 is 0 Å². The highest BCUT2D eigenvalue weighted by atomic mass is 16.3. The van der Waals surface area contributed by atoms with Crippen LogP contribution >= 0.6 is 0 Å². The number of rotatable bonds is 5. The second-order valence-electron chi connectivity index (χ2n) is 4.48. The first kappa shape index (κ1) is 12.1. The molecule has 0 spiro atoms. The highest BCUT2D eigenvalue weighted by molar-refractivity contribution is 5.17. The lowest BCUT2D eigenvalue weighted by atomic mass is 10.0. The molecule has 0 saturated carbocycles. The third-order valence-electron chi connectivity index (χ3n) is 2.59. The van der Waals surface area contributed by atoms with E-state index in [4.69, 9.17) is 5.11 Å². The third-order valence-corrected chi connectivity index (χ3v) is 2.59. The predicted octanol–water partition coefficient (Wildman–Crippen LogP) is 1.64.